The van der Waals surface area contributed by atoms with Crippen LogP contribution in [0.25, 0.3) is 0 Å². The smallest absolute Gasteiger partial charge is 0.0821 e. The molecule has 21 heavy (non-hydrogen) atoms. The van der Waals surface area contributed by atoms with Gasteiger partial charge in [0.05, 0.1) is 18.3 Å². The molecule has 0 amide bonds. The number of nitrogens with zero attached hydrogens (tertiary/aromatic N) is 3. The van der Waals surface area contributed by atoms with Crippen molar-refractivity contribution in [1.82, 2.24) is 19.7 Å². The van der Waals surface area contributed by atoms with E-state index in [2.05, 4.69) is 59.0 Å². The third-order valence-corrected chi connectivity index (χ3v) is 4.39. The maximum Gasteiger partial charge on any atom is 0.0821 e. The van der Waals surface area contributed by atoms with Crippen LogP contribution in [0.4, 0.5) is 0 Å². The standard InChI is InChI=1S/C17H26N4/c1-3-16(4-2)21-11-9-15(19-21)13-20-10-5-6-17(20)12-18-14-7-8-14/h5-6,9-11,14,16,18H,3-4,7-8,12-13H2,1-2H3. The molecular weight excluding hydrogens is 260 g/mol. The summed E-state index contributed by atoms with van der Waals surface area (Å²) in [5.41, 5.74) is 2.49. The SMILES string of the molecule is CCC(CC)n1ccc(Cn2cccc2CNC2CC2)n1. The molecule has 4 heteroatoms. The fraction of sp³-hybridized carbons (Fsp3) is 0.588. The summed E-state index contributed by atoms with van der Waals surface area (Å²) in [7, 11) is 0. The van der Waals surface area contributed by atoms with Crippen LogP contribution in [0.3, 0.4) is 0 Å². The Labute approximate surface area is 127 Å². The fourth-order valence-corrected chi connectivity index (χ4v) is 2.80. The van der Waals surface area contributed by atoms with E-state index in [-0.39, 0.29) is 0 Å². The molecule has 0 aliphatic heterocycles. The van der Waals surface area contributed by atoms with Crippen molar-refractivity contribution in [1.29, 1.82) is 0 Å². The van der Waals surface area contributed by atoms with Crippen molar-refractivity contribution in [3.8, 4) is 0 Å². The van der Waals surface area contributed by atoms with Crippen LogP contribution in [0, 0.1) is 0 Å². The van der Waals surface area contributed by atoms with Gasteiger partial charge in [-0.3, -0.25) is 4.68 Å². The molecule has 2 aromatic rings. The third kappa shape index (κ3) is 3.56. The molecule has 1 saturated carbocycles. The monoisotopic (exact) mass is 286 g/mol. The average molecular weight is 286 g/mol. The van der Waals surface area contributed by atoms with Crippen LogP contribution in [0.15, 0.2) is 30.6 Å². The van der Waals surface area contributed by atoms with E-state index in [0.717, 1.165) is 37.7 Å². The molecule has 0 atom stereocenters. The molecule has 1 aliphatic carbocycles. The lowest BCUT2D eigenvalue weighted by Gasteiger charge is -2.13. The van der Waals surface area contributed by atoms with Gasteiger partial charge in [0.2, 0.25) is 0 Å². The van der Waals surface area contributed by atoms with Crippen molar-refractivity contribution in [3.05, 3.63) is 42.0 Å². The summed E-state index contributed by atoms with van der Waals surface area (Å²) in [5, 5.41) is 8.33. The van der Waals surface area contributed by atoms with Crippen molar-refractivity contribution in [3.63, 3.8) is 0 Å². The minimum absolute atomic E-state index is 0.527. The predicted octanol–water partition coefficient (Wildman–Crippen LogP) is 3.35. The second kappa shape index (κ2) is 6.48. The van der Waals surface area contributed by atoms with Crippen molar-refractivity contribution in [2.45, 2.75) is 64.7 Å². The highest BCUT2D eigenvalue weighted by molar-refractivity contribution is 5.11. The van der Waals surface area contributed by atoms with Crippen molar-refractivity contribution < 1.29 is 0 Å². The highest BCUT2D eigenvalue weighted by atomic mass is 15.3. The summed E-state index contributed by atoms with van der Waals surface area (Å²) in [6, 6.07) is 7.76. The fourth-order valence-electron chi connectivity index (χ4n) is 2.80. The van der Waals surface area contributed by atoms with Crippen molar-refractivity contribution >= 4 is 0 Å². The molecule has 0 saturated heterocycles. The van der Waals surface area contributed by atoms with Gasteiger partial charge >= 0.3 is 0 Å². The predicted molar refractivity (Wildman–Crippen MR) is 85.2 cm³/mol. The van der Waals surface area contributed by atoms with Gasteiger partial charge in [0.25, 0.3) is 0 Å². The number of hydrogen-bond acceptors (Lipinski definition) is 2. The summed E-state index contributed by atoms with van der Waals surface area (Å²) in [6.45, 7) is 6.28. The first-order valence-electron chi connectivity index (χ1n) is 8.21. The molecule has 1 aliphatic rings. The minimum Gasteiger partial charge on any atom is -0.344 e. The zero-order chi connectivity index (χ0) is 14.7. The Bertz CT molecular complexity index is 561. The maximum atomic E-state index is 4.75. The second-order valence-corrected chi connectivity index (χ2v) is 6.04. The molecule has 0 aromatic carbocycles. The molecule has 0 bridgehead atoms. The van der Waals surface area contributed by atoms with Crippen molar-refractivity contribution in [2.24, 2.45) is 0 Å². The lowest BCUT2D eigenvalue weighted by atomic mass is 10.2. The van der Waals surface area contributed by atoms with Gasteiger partial charge in [0.15, 0.2) is 0 Å². The van der Waals surface area contributed by atoms with Gasteiger partial charge in [-0.1, -0.05) is 13.8 Å². The minimum atomic E-state index is 0.527. The van der Waals surface area contributed by atoms with Crippen molar-refractivity contribution in [2.75, 3.05) is 0 Å². The van der Waals surface area contributed by atoms with E-state index < -0.39 is 0 Å². The first-order chi connectivity index (χ1) is 10.3. The number of hydrogen-bond donors (Lipinski definition) is 1. The highest BCUT2D eigenvalue weighted by Crippen LogP contribution is 2.19. The maximum absolute atomic E-state index is 4.75. The van der Waals surface area contributed by atoms with Crippen LogP contribution in [-0.4, -0.2) is 20.4 Å². The van der Waals surface area contributed by atoms with E-state index in [1.54, 1.807) is 0 Å². The van der Waals surface area contributed by atoms with Gasteiger partial charge in [-0.15, -0.1) is 0 Å². The first-order valence-corrected chi connectivity index (χ1v) is 8.21. The van der Waals surface area contributed by atoms with Crippen LogP contribution in [0.1, 0.15) is 57.0 Å². The molecule has 0 radical (unpaired) electrons. The van der Waals surface area contributed by atoms with E-state index in [1.807, 2.05) is 0 Å². The Morgan fingerprint density at radius 3 is 2.76 bits per heavy atom. The van der Waals surface area contributed by atoms with E-state index in [9.17, 15) is 0 Å². The lowest BCUT2D eigenvalue weighted by Crippen LogP contribution is -2.18. The van der Waals surface area contributed by atoms with Crippen LogP contribution in [0.5, 0.6) is 0 Å². The molecule has 2 heterocycles. The first kappa shape index (κ1) is 14.4. The Morgan fingerprint density at radius 2 is 2.05 bits per heavy atom. The third-order valence-electron chi connectivity index (χ3n) is 4.39. The normalized spacial score (nSPS) is 15.0. The van der Waals surface area contributed by atoms with Crippen LogP contribution < -0.4 is 5.32 Å². The van der Waals surface area contributed by atoms with Gasteiger partial charge in [0.1, 0.15) is 0 Å². The summed E-state index contributed by atoms with van der Waals surface area (Å²) >= 11 is 0. The van der Waals surface area contributed by atoms with Gasteiger partial charge < -0.3 is 9.88 Å². The Morgan fingerprint density at radius 1 is 1.24 bits per heavy atom. The number of rotatable bonds is 8. The molecule has 1 N–H and O–H groups in total. The number of aromatic nitrogens is 3. The van der Waals surface area contributed by atoms with Crippen LogP contribution >= 0.6 is 0 Å². The zero-order valence-electron chi connectivity index (χ0n) is 13.1. The quantitative estimate of drug-likeness (QED) is 0.807. The van der Waals surface area contributed by atoms with Gasteiger partial charge in [-0.05, 0) is 43.9 Å². The summed E-state index contributed by atoms with van der Waals surface area (Å²) in [4.78, 5) is 0. The average Bonchev–Trinajstić information content (AvgIpc) is 3.04. The Kier molecular flexibility index (Phi) is 4.44. The largest absolute Gasteiger partial charge is 0.344 e. The molecule has 2 aromatic heterocycles. The highest BCUT2D eigenvalue weighted by Gasteiger charge is 2.20. The Balaban J connectivity index is 1.64. The van der Waals surface area contributed by atoms with E-state index in [1.165, 1.54) is 18.5 Å². The molecular formula is C17H26N4. The second-order valence-electron chi connectivity index (χ2n) is 6.04. The lowest BCUT2D eigenvalue weighted by molar-refractivity contribution is 0.424. The van der Waals surface area contributed by atoms with Crippen LogP contribution in [0.2, 0.25) is 0 Å². The molecule has 0 unspecified atom stereocenters. The molecule has 3 rings (SSSR count). The number of nitrogens with one attached hydrogen (secondary N) is 1. The summed E-state index contributed by atoms with van der Waals surface area (Å²) in [6.07, 6.45) is 9.22. The molecule has 4 nitrogen and oxygen atoms in total. The van der Waals surface area contributed by atoms with Gasteiger partial charge in [0, 0.05) is 30.7 Å². The van der Waals surface area contributed by atoms with E-state index in [0.29, 0.717) is 6.04 Å². The molecule has 114 valence electrons. The molecule has 1 fully saturated rings. The molecule has 0 spiro atoms. The van der Waals surface area contributed by atoms with Crippen LogP contribution in [-0.2, 0) is 13.1 Å². The van der Waals surface area contributed by atoms with Gasteiger partial charge in [-0.25, -0.2) is 0 Å². The van der Waals surface area contributed by atoms with E-state index >= 15 is 0 Å². The Hall–Kier alpha value is -1.55. The topological polar surface area (TPSA) is 34.8 Å². The van der Waals surface area contributed by atoms with E-state index in [4.69, 9.17) is 5.10 Å². The summed E-state index contributed by atoms with van der Waals surface area (Å²) in [5.74, 6) is 0. The zero-order valence-corrected chi connectivity index (χ0v) is 13.1. The summed E-state index contributed by atoms with van der Waals surface area (Å²) < 4.78 is 4.43. The van der Waals surface area contributed by atoms with Gasteiger partial charge in [-0.2, -0.15) is 5.10 Å².